The van der Waals surface area contributed by atoms with Crippen LogP contribution in [-0.2, 0) is 10.1 Å². The van der Waals surface area contributed by atoms with Gasteiger partial charge in [-0.2, -0.15) is 0 Å². The molecule has 3 rings (SSSR count). The van der Waals surface area contributed by atoms with Crippen LogP contribution in [0, 0.1) is 0 Å². The zero-order valence-corrected chi connectivity index (χ0v) is 15.4. The normalized spacial score (nSPS) is 10.9. The van der Waals surface area contributed by atoms with E-state index in [-0.39, 0.29) is 18.2 Å². The molecule has 0 aliphatic heterocycles. The summed E-state index contributed by atoms with van der Waals surface area (Å²) in [5.41, 5.74) is 3.30. The Balaban J connectivity index is 0.00000261. The topological polar surface area (TPSA) is 84.7 Å². The summed E-state index contributed by atoms with van der Waals surface area (Å²) in [6.07, 6.45) is 1.48. The minimum Gasteiger partial charge on any atom is -0.402 e. The lowest BCUT2D eigenvalue weighted by atomic mass is 9.67. The molecular formula is C22H26BNO3. The molecule has 0 aliphatic carbocycles. The summed E-state index contributed by atoms with van der Waals surface area (Å²) in [6.45, 7) is 0.284. The SMILES string of the molecule is N.OB(O)OCCCC(c1ccccc1)(c1ccccc1)c1ccccc1. The Morgan fingerprint density at radius 2 is 1.04 bits per heavy atom. The van der Waals surface area contributed by atoms with Gasteiger partial charge in [-0.05, 0) is 29.5 Å². The third-order valence-electron chi connectivity index (χ3n) is 4.76. The maximum Gasteiger partial charge on any atom is 0.633 e. The van der Waals surface area contributed by atoms with E-state index in [0.717, 1.165) is 6.42 Å². The van der Waals surface area contributed by atoms with Crippen molar-refractivity contribution in [2.24, 2.45) is 0 Å². The summed E-state index contributed by atoms with van der Waals surface area (Å²) in [4.78, 5) is 0. The zero-order valence-electron chi connectivity index (χ0n) is 15.4. The van der Waals surface area contributed by atoms with Crippen LogP contribution in [0.25, 0.3) is 0 Å². The number of rotatable bonds is 8. The second kappa shape index (κ2) is 10.0. The molecule has 0 bridgehead atoms. The van der Waals surface area contributed by atoms with Gasteiger partial charge < -0.3 is 20.9 Å². The van der Waals surface area contributed by atoms with Gasteiger partial charge in [0.1, 0.15) is 0 Å². The van der Waals surface area contributed by atoms with Crippen molar-refractivity contribution >= 4 is 7.32 Å². The summed E-state index contributed by atoms with van der Waals surface area (Å²) in [5, 5.41) is 17.9. The van der Waals surface area contributed by atoms with E-state index >= 15 is 0 Å². The van der Waals surface area contributed by atoms with Crippen LogP contribution in [0.15, 0.2) is 91.0 Å². The summed E-state index contributed by atoms with van der Waals surface area (Å²) in [6, 6.07) is 31.4. The highest BCUT2D eigenvalue weighted by atomic mass is 16.6. The van der Waals surface area contributed by atoms with Crippen molar-refractivity contribution in [3.05, 3.63) is 108 Å². The lowest BCUT2D eigenvalue weighted by molar-refractivity contribution is 0.179. The van der Waals surface area contributed by atoms with Gasteiger partial charge in [-0.25, -0.2) is 0 Å². The van der Waals surface area contributed by atoms with Gasteiger partial charge >= 0.3 is 7.32 Å². The first kappa shape index (κ1) is 20.9. The van der Waals surface area contributed by atoms with E-state index in [4.69, 9.17) is 14.7 Å². The van der Waals surface area contributed by atoms with Gasteiger partial charge in [-0.3, -0.25) is 0 Å². The molecule has 3 aromatic rings. The van der Waals surface area contributed by atoms with E-state index < -0.39 is 7.32 Å². The van der Waals surface area contributed by atoms with Crippen molar-refractivity contribution in [2.45, 2.75) is 18.3 Å². The van der Waals surface area contributed by atoms with Gasteiger partial charge in [0.05, 0.1) is 0 Å². The quantitative estimate of drug-likeness (QED) is 0.321. The molecule has 0 radical (unpaired) electrons. The molecule has 0 aromatic heterocycles. The Hall–Kier alpha value is -2.44. The molecule has 0 aliphatic rings. The molecule has 27 heavy (non-hydrogen) atoms. The molecule has 0 heterocycles. The summed E-state index contributed by atoms with van der Waals surface area (Å²) >= 11 is 0. The van der Waals surface area contributed by atoms with E-state index in [1.54, 1.807) is 0 Å². The van der Waals surface area contributed by atoms with Crippen molar-refractivity contribution in [3.8, 4) is 0 Å². The van der Waals surface area contributed by atoms with Crippen LogP contribution in [0.1, 0.15) is 29.5 Å². The largest absolute Gasteiger partial charge is 0.633 e. The highest BCUT2D eigenvalue weighted by Crippen LogP contribution is 2.42. The predicted octanol–water partition coefficient (Wildman–Crippen LogP) is 3.95. The maximum absolute atomic E-state index is 8.97. The molecule has 5 heteroatoms. The van der Waals surface area contributed by atoms with Crippen LogP contribution >= 0.6 is 0 Å². The molecule has 140 valence electrons. The molecule has 0 amide bonds. The van der Waals surface area contributed by atoms with E-state index in [2.05, 4.69) is 72.8 Å². The van der Waals surface area contributed by atoms with Crippen molar-refractivity contribution in [3.63, 3.8) is 0 Å². The Kier molecular flexibility index (Phi) is 7.76. The Morgan fingerprint density at radius 1 is 0.667 bits per heavy atom. The second-order valence-corrected chi connectivity index (χ2v) is 6.30. The second-order valence-electron chi connectivity index (χ2n) is 6.30. The van der Waals surface area contributed by atoms with Crippen LogP contribution < -0.4 is 6.15 Å². The Labute approximate surface area is 161 Å². The smallest absolute Gasteiger partial charge is 0.402 e. The lowest BCUT2D eigenvalue weighted by Crippen LogP contribution is -2.30. The molecule has 0 fully saturated rings. The minimum atomic E-state index is -1.73. The fourth-order valence-corrected chi connectivity index (χ4v) is 3.63. The van der Waals surface area contributed by atoms with Crippen LogP contribution in [0.3, 0.4) is 0 Å². The van der Waals surface area contributed by atoms with E-state index in [0.29, 0.717) is 6.42 Å². The van der Waals surface area contributed by atoms with Crippen molar-refractivity contribution < 1.29 is 14.7 Å². The first-order valence-corrected chi connectivity index (χ1v) is 8.88. The molecule has 0 atom stereocenters. The molecule has 3 aromatic carbocycles. The first-order chi connectivity index (χ1) is 12.7. The van der Waals surface area contributed by atoms with Gasteiger partial charge in [0.2, 0.25) is 0 Å². The highest BCUT2D eigenvalue weighted by Gasteiger charge is 2.35. The van der Waals surface area contributed by atoms with Crippen molar-refractivity contribution in [1.29, 1.82) is 0 Å². The summed E-state index contributed by atoms with van der Waals surface area (Å²) < 4.78 is 4.96. The number of hydrogen-bond acceptors (Lipinski definition) is 4. The Morgan fingerprint density at radius 3 is 1.37 bits per heavy atom. The molecule has 0 saturated carbocycles. The van der Waals surface area contributed by atoms with Crippen LogP contribution in [0.5, 0.6) is 0 Å². The third kappa shape index (κ3) is 4.84. The minimum absolute atomic E-state index is 0. The van der Waals surface area contributed by atoms with Gasteiger partial charge in [0, 0.05) is 12.0 Å². The van der Waals surface area contributed by atoms with Gasteiger partial charge in [-0.15, -0.1) is 0 Å². The zero-order chi connectivity index (χ0) is 18.2. The van der Waals surface area contributed by atoms with Crippen LogP contribution in [0.4, 0.5) is 0 Å². The van der Waals surface area contributed by atoms with Crippen molar-refractivity contribution in [2.75, 3.05) is 6.61 Å². The third-order valence-corrected chi connectivity index (χ3v) is 4.76. The number of benzene rings is 3. The summed E-state index contributed by atoms with van der Waals surface area (Å²) in [7, 11) is -1.73. The average molecular weight is 363 g/mol. The first-order valence-electron chi connectivity index (χ1n) is 8.88. The van der Waals surface area contributed by atoms with Gasteiger partial charge in [-0.1, -0.05) is 91.0 Å². The number of hydrogen-bond donors (Lipinski definition) is 3. The fraction of sp³-hybridized carbons (Fsp3) is 0.182. The van der Waals surface area contributed by atoms with E-state index in [9.17, 15) is 0 Å². The Bertz CT molecular complexity index is 686. The summed E-state index contributed by atoms with van der Waals surface area (Å²) in [5.74, 6) is 0. The predicted molar refractivity (Wildman–Crippen MR) is 110 cm³/mol. The van der Waals surface area contributed by atoms with Crippen LogP contribution in [-0.4, -0.2) is 24.0 Å². The molecular weight excluding hydrogens is 337 g/mol. The van der Waals surface area contributed by atoms with E-state index in [1.807, 2.05) is 18.2 Å². The van der Waals surface area contributed by atoms with Crippen LogP contribution in [0.2, 0.25) is 0 Å². The standard InChI is InChI=1S/C22H23BO3.H3N/c24-23(25)26-18-10-17-22(19-11-4-1-5-12-19,20-13-6-2-7-14-20)21-15-8-3-9-16-21;/h1-9,11-16,24-25H,10,17-18H2;1H3. The molecule has 0 saturated heterocycles. The highest BCUT2D eigenvalue weighted by molar-refractivity contribution is 6.32. The molecule has 0 spiro atoms. The van der Waals surface area contributed by atoms with Gasteiger partial charge in [0.15, 0.2) is 0 Å². The van der Waals surface area contributed by atoms with Crippen molar-refractivity contribution in [1.82, 2.24) is 6.15 Å². The molecule has 5 N–H and O–H groups in total. The van der Waals surface area contributed by atoms with Gasteiger partial charge in [0.25, 0.3) is 0 Å². The average Bonchev–Trinajstić information content (AvgIpc) is 2.70. The molecule has 4 nitrogen and oxygen atoms in total. The maximum atomic E-state index is 8.97. The fourth-order valence-electron chi connectivity index (χ4n) is 3.63. The van der Waals surface area contributed by atoms with E-state index in [1.165, 1.54) is 16.7 Å². The monoisotopic (exact) mass is 363 g/mol. The molecule has 0 unspecified atom stereocenters. The lowest BCUT2D eigenvalue weighted by Gasteiger charge is -2.36.